The standard InChI is InChI=1S/C12H17BrClN/c1-8(2)7-9(3)15-11-6-4-5-10(14)12(11)13/h4-6,8-9,15H,7H2,1-3H3. The van der Waals surface area contributed by atoms with E-state index >= 15 is 0 Å². The normalized spacial score (nSPS) is 12.9. The molecule has 1 aromatic rings. The van der Waals surface area contributed by atoms with Crippen LogP contribution in [0.5, 0.6) is 0 Å². The highest BCUT2D eigenvalue weighted by molar-refractivity contribution is 9.10. The first-order valence-corrected chi connectivity index (χ1v) is 6.38. The predicted molar refractivity (Wildman–Crippen MR) is 71.7 cm³/mol. The van der Waals surface area contributed by atoms with E-state index in [4.69, 9.17) is 11.6 Å². The van der Waals surface area contributed by atoms with Gasteiger partial charge in [-0.05, 0) is 47.3 Å². The molecule has 0 aromatic heterocycles. The highest BCUT2D eigenvalue weighted by Gasteiger charge is 2.08. The summed E-state index contributed by atoms with van der Waals surface area (Å²) in [5.74, 6) is 0.699. The zero-order valence-corrected chi connectivity index (χ0v) is 11.7. The zero-order chi connectivity index (χ0) is 11.4. The van der Waals surface area contributed by atoms with Gasteiger partial charge in [0.05, 0.1) is 15.2 Å². The number of hydrogen-bond acceptors (Lipinski definition) is 1. The van der Waals surface area contributed by atoms with Gasteiger partial charge >= 0.3 is 0 Å². The first-order chi connectivity index (χ1) is 7.00. The van der Waals surface area contributed by atoms with Crippen molar-refractivity contribution < 1.29 is 0 Å². The van der Waals surface area contributed by atoms with Crippen LogP contribution >= 0.6 is 27.5 Å². The Bertz CT molecular complexity index is 325. The summed E-state index contributed by atoms with van der Waals surface area (Å²) < 4.78 is 0.947. The van der Waals surface area contributed by atoms with Crippen LogP contribution in [0.4, 0.5) is 5.69 Å². The van der Waals surface area contributed by atoms with Gasteiger partial charge in [-0.3, -0.25) is 0 Å². The summed E-state index contributed by atoms with van der Waals surface area (Å²) in [6.45, 7) is 6.64. The first-order valence-electron chi connectivity index (χ1n) is 5.21. The molecule has 0 spiro atoms. The van der Waals surface area contributed by atoms with Gasteiger partial charge in [0.15, 0.2) is 0 Å². The third kappa shape index (κ3) is 4.04. The van der Waals surface area contributed by atoms with Crippen LogP contribution in [0.25, 0.3) is 0 Å². The van der Waals surface area contributed by atoms with Gasteiger partial charge in [-0.15, -0.1) is 0 Å². The summed E-state index contributed by atoms with van der Waals surface area (Å²) in [6, 6.07) is 6.33. The maximum atomic E-state index is 6.02. The van der Waals surface area contributed by atoms with Crippen LogP contribution in [0, 0.1) is 5.92 Å². The average molecular weight is 291 g/mol. The number of halogens is 2. The minimum Gasteiger partial charge on any atom is -0.382 e. The monoisotopic (exact) mass is 289 g/mol. The Kier molecular flexibility index (Phi) is 4.94. The molecule has 0 radical (unpaired) electrons. The number of anilines is 1. The van der Waals surface area contributed by atoms with E-state index < -0.39 is 0 Å². The summed E-state index contributed by atoms with van der Waals surface area (Å²) in [5, 5.41) is 4.20. The molecule has 0 aliphatic carbocycles. The summed E-state index contributed by atoms with van der Waals surface area (Å²) >= 11 is 9.50. The van der Waals surface area contributed by atoms with Crippen LogP contribution in [-0.2, 0) is 0 Å². The van der Waals surface area contributed by atoms with Crippen molar-refractivity contribution in [1.29, 1.82) is 0 Å². The second-order valence-electron chi connectivity index (χ2n) is 4.28. The molecule has 1 aromatic carbocycles. The summed E-state index contributed by atoms with van der Waals surface area (Å²) in [4.78, 5) is 0. The smallest absolute Gasteiger partial charge is 0.0593 e. The van der Waals surface area contributed by atoms with Gasteiger partial charge < -0.3 is 5.32 Å². The van der Waals surface area contributed by atoms with Crippen molar-refractivity contribution in [3.05, 3.63) is 27.7 Å². The van der Waals surface area contributed by atoms with Crippen molar-refractivity contribution in [3.63, 3.8) is 0 Å². The fourth-order valence-electron chi connectivity index (χ4n) is 1.65. The van der Waals surface area contributed by atoms with Gasteiger partial charge in [0.2, 0.25) is 0 Å². The molecule has 1 nitrogen and oxygen atoms in total. The number of benzene rings is 1. The lowest BCUT2D eigenvalue weighted by Gasteiger charge is -2.18. The second kappa shape index (κ2) is 5.76. The van der Waals surface area contributed by atoms with Gasteiger partial charge in [-0.25, -0.2) is 0 Å². The minimum absolute atomic E-state index is 0.458. The molecule has 1 rings (SSSR count). The largest absolute Gasteiger partial charge is 0.382 e. The van der Waals surface area contributed by atoms with Gasteiger partial charge in [0, 0.05) is 6.04 Å². The fraction of sp³-hybridized carbons (Fsp3) is 0.500. The number of rotatable bonds is 4. The lowest BCUT2D eigenvalue weighted by Crippen LogP contribution is -2.17. The van der Waals surface area contributed by atoms with Gasteiger partial charge in [0.1, 0.15) is 0 Å². The lowest BCUT2D eigenvalue weighted by atomic mass is 10.1. The number of nitrogens with one attached hydrogen (secondary N) is 1. The van der Waals surface area contributed by atoms with E-state index in [0.29, 0.717) is 12.0 Å². The molecule has 0 heterocycles. The Labute approximate surface area is 105 Å². The molecule has 1 atom stereocenters. The van der Waals surface area contributed by atoms with Crippen molar-refractivity contribution in [2.75, 3.05) is 5.32 Å². The van der Waals surface area contributed by atoms with Crippen molar-refractivity contribution >= 4 is 33.2 Å². The topological polar surface area (TPSA) is 12.0 Å². The van der Waals surface area contributed by atoms with Crippen molar-refractivity contribution in [3.8, 4) is 0 Å². The Morgan fingerprint density at radius 1 is 1.33 bits per heavy atom. The fourth-order valence-corrected chi connectivity index (χ4v) is 2.20. The molecule has 0 saturated heterocycles. The molecule has 1 N–H and O–H groups in total. The van der Waals surface area contributed by atoms with E-state index in [2.05, 4.69) is 42.0 Å². The predicted octanol–water partition coefficient (Wildman–Crippen LogP) is 4.95. The Balaban J connectivity index is 2.68. The molecular formula is C12H17BrClN. The Morgan fingerprint density at radius 2 is 2.00 bits per heavy atom. The molecule has 0 aliphatic heterocycles. The molecule has 0 aliphatic rings. The lowest BCUT2D eigenvalue weighted by molar-refractivity contribution is 0.539. The molecule has 0 fully saturated rings. The van der Waals surface area contributed by atoms with E-state index in [0.717, 1.165) is 21.6 Å². The third-order valence-electron chi connectivity index (χ3n) is 2.18. The van der Waals surface area contributed by atoms with Crippen molar-refractivity contribution in [1.82, 2.24) is 0 Å². The molecule has 15 heavy (non-hydrogen) atoms. The van der Waals surface area contributed by atoms with Crippen molar-refractivity contribution in [2.45, 2.75) is 33.2 Å². The molecule has 0 bridgehead atoms. The first kappa shape index (κ1) is 12.9. The maximum Gasteiger partial charge on any atom is 0.0593 e. The molecule has 0 amide bonds. The van der Waals surface area contributed by atoms with Gasteiger partial charge in [-0.2, -0.15) is 0 Å². The van der Waals surface area contributed by atoms with E-state index in [1.807, 2.05) is 18.2 Å². The number of hydrogen-bond donors (Lipinski definition) is 1. The Morgan fingerprint density at radius 3 is 2.60 bits per heavy atom. The van der Waals surface area contributed by atoms with Crippen LogP contribution in [0.2, 0.25) is 5.02 Å². The van der Waals surface area contributed by atoms with Crippen LogP contribution in [-0.4, -0.2) is 6.04 Å². The average Bonchev–Trinajstić information content (AvgIpc) is 2.11. The zero-order valence-electron chi connectivity index (χ0n) is 9.35. The summed E-state index contributed by atoms with van der Waals surface area (Å²) in [5.41, 5.74) is 1.07. The van der Waals surface area contributed by atoms with Crippen LogP contribution in [0.1, 0.15) is 27.2 Å². The van der Waals surface area contributed by atoms with Crippen molar-refractivity contribution in [2.24, 2.45) is 5.92 Å². The maximum absolute atomic E-state index is 6.02. The van der Waals surface area contributed by atoms with Crippen LogP contribution in [0.15, 0.2) is 22.7 Å². The minimum atomic E-state index is 0.458. The highest BCUT2D eigenvalue weighted by Crippen LogP contribution is 2.30. The molecule has 84 valence electrons. The highest BCUT2D eigenvalue weighted by atomic mass is 79.9. The SMILES string of the molecule is CC(C)CC(C)Nc1cccc(Cl)c1Br. The van der Waals surface area contributed by atoms with Crippen LogP contribution < -0.4 is 5.32 Å². The third-order valence-corrected chi connectivity index (χ3v) is 3.58. The molecule has 3 heteroatoms. The van der Waals surface area contributed by atoms with Crippen LogP contribution in [0.3, 0.4) is 0 Å². The molecular weight excluding hydrogens is 273 g/mol. The van der Waals surface area contributed by atoms with Gasteiger partial charge in [-0.1, -0.05) is 31.5 Å². The van der Waals surface area contributed by atoms with E-state index in [1.165, 1.54) is 0 Å². The molecule has 0 saturated carbocycles. The van der Waals surface area contributed by atoms with Gasteiger partial charge in [0.25, 0.3) is 0 Å². The van der Waals surface area contributed by atoms with E-state index in [-0.39, 0.29) is 0 Å². The Hall–Kier alpha value is -0.210. The van der Waals surface area contributed by atoms with E-state index in [1.54, 1.807) is 0 Å². The van der Waals surface area contributed by atoms with E-state index in [9.17, 15) is 0 Å². The second-order valence-corrected chi connectivity index (χ2v) is 5.48. The molecule has 1 unspecified atom stereocenters. The quantitative estimate of drug-likeness (QED) is 0.827. The summed E-state index contributed by atoms with van der Waals surface area (Å²) in [6.07, 6.45) is 1.15. The summed E-state index contributed by atoms with van der Waals surface area (Å²) in [7, 11) is 0.